The zero-order valence-electron chi connectivity index (χ0n) is 8.06. The number of allylic oxidation sites excluding steroid dienone is 1. The van der Waals surface area contributed by atoms with Crippen molar-refractivity contribution in [3.8, 4) is 0 Å². The lowest BCUT2D eigenvalue weighted by Crippen LogP contribution is -2.30. The minimum absolute atomic E-state index is 0.0985. The summed E-state index contributed by atoms with van der Waals surface area (Å²) in [5.41, 5.74) is 1.90. The Morgan fingerprint density at radius 2 is 2.43 bits per heavy atom. The van der Waals surface area contributed by atoms with E-state index in [-0.39, 0.29) is 11.8 Å². The predicted octanol–water partition coefficient (Wildman–Crippen LogP) is 1.33. The number of oxime groups is 1. The maximum absolute atomic E-state index is 11.0. The maximum atomic E-state index is 11.0. The molecular weight excluding hydrogens is 180 g/mol. The maximum Gasteiger partial charge on any atom is 0.269 e. The van der Waals surface area contributed by atoms with Gasteiger partial charge in [-0.2, -0.15) is 0 Å². The van der Waals surface area contributed by atoms with E-state index in [1.807, 2.05) is 6.08 Å². The molecule has 0 aromatic rings. The molecule has 2 rings (SSSR count). The molecule has 1 saturated carbocycles. The zero-order chi connectivity index (χ0) is 9.97. The fourth-order valence-corrected chi connectivity index (χ4v) is 1.88. The van der Waals surface area contributed by atoms with Gasteiger partial charge in [0, 0.05) is 11.8 Å². The van der Waals surface area contributed by atoms with E-state index in [1.165, 1.54) is 13.2 Å². The Labute approximate surface area is 82.3 Å². The van der Waals surface area contributed by atoms with Gasteiger partial charge in [0.25, 0.3) is 5.91 Å². The normalized spacial score (nSPS) is 28.6. The van der Waals surface area contributed by atoms with Crippen LogP contribution in [0.2, 0.25) is 0 Å². The first kappa shape index (κ1) is 9.12. The lowest BCUT2D eigenvalue weighted by atomic mass is 9.84. The monoisotopic (exact) mass is 192 g/mol. The van der Waals surface area contributed by atoms with Gasteiger partial charge < -0.3 is 4.84 Å². The molecular formula is C10H12N2O2. The van der Waals surface area contributed by atoms with Crippen molar-refractivity contribution >= 4 is 17.3 Å². The molecule has 1 aliphatic carbocycles. The van der Waals surface area contributed by atoms with Gasteiger partial charge in [-0.15, -0.1) is 0 Å². The molecule has 0 bridgehead atoms. The number of fused-ring (bicyclic) bond motifs is 1. The van der Waals surface area contributed by atoms with Gasteiger partial charge >= 0.3 is 0 Å². The number of hydrogen-bond acceptors (Lipinski definition) is 3. The smallest absolute Gasteiger partial charge is 0.269 e. The van der Waals surface area contributed by atoms with E-state index in [0.29, 0.717) is 0 Å². The molecule has 1 fully saturated rings. The van der Waals surface area contributed by atoms with Crippen molar-refractivity contribution in [3.05, 3.63) is 12.2 Å². The summed E-state index contributed by atoms with van der Waals surface area (Å²) in [4.78, 5) is 19.8. The lowest BCUT2D eigenvalue weighted by molar-refractivity contribution is -0.113. The topological polar surface area (TPSA) is 51.0 Å². The summed E-state index contributed by atoms with van der Waals surface area (Å²) in [6, 6.07) is 0. The molecule has 1 amide bonds. The lowest BCUT2D eigenvalue weighted by Gasteiger charge is -2.24. The van der Waals surface area contributed by atoms with Crippen LogP contribution in [-0.4, -0.2) is 24.4 Å². The number of rotatable bonds is 1. The molecule has 74 valence electrons. The van der Waals surface area contributed by atoms with Gasteiger partial charge in [0.05, 0.1) is 11.6 Å². The van der Waals surface area contributed by atoms with Crippen molar-refractivity contribution in [1.29, 1.82) is 0 Å². The molecule has 4 heteroatoms. The second kappa shape index (κ2) is 3.74. The molecule has 4 nitrogen and oxygen atoms in total. The number of amides is 1. The summed E-state index contributed by atoms with van der Waals surface area (Å²) in [6.07, 6.45) is 6.19. The van der Waals surface area contributed by atoms with Crippen molar-refractivity contribution in [1.82, 2.24) is 0 Å². The highest BCUT2D eigenvalue weighted by Gasteiger charge is 2.27. The molecule has 0 aromatic carbocycles. The van der Waals surface area contributed by atoms with Crippen LogP contribution in [0.15, 0.2) is 22.3 Å². The van der Waals surface area contributed by atoms with Gasteiger partial charge in [-0.25, -0.2) is 4.99 Å². The van der Waals surface area contributed by atoms with E-state index < -0.39 is 0 Å². The number of carbonyl (C=O) groups excluding carboxylic acids is 1. The van der Waals surface area contributed by atoms with E-state index in [2.05, 4.69) is 10.1 Å². The third-order valence-electron chi connectivity index (χ3n) is 2.48. The van der Waals surface area contributed by atoms with Crippen LogP contribution in [0.3, 0.4) is 0 Å². The van der Waals surface area contributed by atoms with Crippen LogP contribution in [0.5, 0.6) is 0 Å². The summed E-state index contributed by atoms with van der Waals surface area (Å²) < 4.78 is 0. The van der Waals surface area contributed by atoms with Crippen LogP contribution in [0.4, 0.5) is 0 Å². The van der Waals surface area contributed by atoms with Crippen LogP contribution >= 0.6 is 0 Å². The first-order chi connectivity index (χ1) is 6.81. The molecule has 14 heavy (non-hydrogen) atoms. The van der Waals surface area contributed by atoms with Crippen molar-refractivity contribution in [2.75, 3.05) is 7.11 Å². The van der Waals surface area contributed by atoms with E-state index in [0.717, 1.165) is 30.7 Å². The molecule has 0 aromatic heterocycles. The highest BCUT2D eigenvalue weighted by Crippen LogP contribution is 2.23. The van der Waals surface area contributed by atoms with Crippen LogP contribution in [0, 0.1) is 5.92 Å². The summed E-state index contributed by atoms with van der Waals surface area (Å²) in [5.74, 6) is -0.0590. The number of hydrogen-bond donors (Lipinski definition) is 0. The van der Waals surface area contributed by atoms with Crippen molar-refractivity contribution < 1.29 is 9.63 Å². The Balaban J connectivity index is 2.27. The highest BCUT2D eigenvalue weighted by atomic mass is 16.6. The van der Waals surface area contributed by atoms with Crippen LogP contribution in [0.25, 0.3) is 0 Å². The quantitative estimate of drug-likeness (QED) is 0.588. The highest BCUT2D eigenvalue weighted by molar-refractivity contribution is 6.16. The molecule has 0 N–H and O–H groups in total. The molecule has 0 radical (unpaired) electrons. The summed E-state index contributed by atoms with van der Waals surface area (Å²) in [5, 5.41) is 3.97. The third-order valence-corrected chi connectivity index (χ3v) is 2.48. The van der Waals surface area contributed by atoms with E-state index >= 15 is 0 Å². The average molecular weight is 192 g/mol. The fraction of sp³-hybridized carbons (Fsp3) is 0.500. The second-order valence-electron chi connectivity index (χ2n) is 3.40. The Hall–Kier alpha value is -1.45. The van der Waals surface area contributed by atoms with Crippen LogP contribution in [0.1, 0.15) is 19.3 Å². The first-order valence-electron chi connectivity index (χ1n) is 4.71. The summed E-state index contributed by atoms with van der Waals surface area (Å²) >= 11 is 0. The summed E-state index contributed by atoms with van der Waals surface area (Å²) in [6.45, 7) is 0. The molecule has 1 atom stereocenters. The molecule has 1 aliphatic heterocycles. The Morgan fingerprint density at radius 1 is 1.57 bits per heavy atom. The SMILES string of the molecule is CO/N=C1\CCCC2=NC(=O)C=CC21. The van der Waals surface area contributed by atoms with Crippen LogP contribution in [-0.2, 0) is 9.63 Å². The Kier molecular flexibility index (Phi) is 2.43. The molecule has 1 unspecified atom stereocenters. The van der Waals surface area contributed by atoms with Gasteiger partial charge in [-0.1, -0.05) is 11.2 Å². The molecule has 0 saturated heterocycles. The van der Waals surface area contributed by atoms with Crippen molar-refractivity contribution in [2.45, 2.75) is 19.3 Å². The number of nitrogens with zero attached hydrogens (tertiary/aromatic N) is 2. The van der Waals surface area contributed by atoms with Gasteiger partial charge in [0.2, 0.25) is 0 Å². The predicted molar refractivity (Wildman–Crippen MR) is 53.4 cm³/mol. The number of dihydropyridines is 1. The Bertz CT molecular complexity index is 342. The minimum Gasteiger partial charge on any atom is -0.399 e. The van der Waals surface area contributed by atoms with Crippen molar-refractivity contribution in [2.24, 2.45) is 16.1 Å². The largest absolute Gasteiger partial charge is 0.399 e. The minimum atomic E-state index is -0.157. The fourth-order valence-electron chi connectivity index (χ4n) is 1.88. The summed E-state index contributed by atoms with van der Waals surface area (Å²) in [7, 11) is 1.54. The second-order valence-corrected chi connectivity index (χ2v) is 3.40. The van der Waals surface area contributed by atoms with Crippen LogP contribution < -0.4 is 0 Å². The average Bonchev–Trinajstić information content (AvgIpc) is 2.18. The van der Waals surface area contributed by atoms with E-state index in [4.69, 9.17) is 4.84 Å². The molecule has 0 spiro atoms. The zero-order valence-corrected chi connectivity index (χ0v) is 8.06. The van der Waals surface area contributed by atoms with E-state index in [9.17, 15) is 4.79 Å². The molecule has 2 aliphatic rings. The van der Waals surface area contributed by atoms with Gasteiger partial charge in [0.15, 0.2) is 0 Å². The van der Waals surface area contributed by atoms with Crippen molar-refractivity contribution in [3.63, 3.8) is 0 Å². The molecule has 1 heterocycles. The number of aliphatic imine (C=N–C) groups is 1. The van der Waals surface area contributed by atoms with Gasteiger partial charge in [-0.05, 0) is 19.3 Å². The van der Waals surface area contributed by atoms with Gasteiger partial charge in [-0.3, -0.25) is 4.79 Å². The standard InChI is InChI=1S/C10H12N2O2/c1-14-12-9-4-2-3-8-7(9)5-6-10(13)11-8/h5-7H,2-4H2,1H3/b12-9+. The van der Waals surface area contributed by atoms with E-state index in [1.54, 1.807) is 0 Å². The van der Waals surface area contributed by atoms with Gasteiger partial charge in [0.1, 0.15) is 7.11 Å². The number of carbonyl (C=O) groups is 1. The third kappa shape index (κ3) is 1.60. The Morgan fingerprint density at radius 3 is 3.21 bits per heavy atom. The first-order valence-corrected chi connectivity index (χ1v) is 4.71.